The molecule has 0 aliphatic carbocycles. The van der Waals surface area contributed by atoms with Gasteiger partial charge in [-0.1, -0.05) is 0 Å². The molecule has 0 aromatic heterocycles. The van der Waals surface area contributed by atoms with Gasteiger partial charge in [0.1, 0.15) is 0 Å². The summed E-state index contributed by atoms with van der Waals surface area (Å²) in [4.78, 5) is 23.6. The minimum atomic E-state index is -0.0609. The largest absolute Gasteiger partial charge is 0.329 e. The standard InChI is InChI=1S/C12H17N3O2/c1-9-6-10(13-8-16)4-5-11(9)14-12(17)7-15(2)3/h4-6,8H,7H2,1-3H3,(H,13,16)(H,14,17). The van der Waals surface area contributed by atoms with Gasteiger partial charge in [0, 0.05) is 11.4 Å². The van der Waals surface area contributed by atoms with E-state index in [-0.39, 0.29) is 5.91 Å². The molecule has 0 radical (unpaired) electrons. The van der Waals surface area contributed by atoms with E-state index < -0.39 is 0 Å². The number of carbonyl (C=O) groups excluding carboxylic acids is 2. The smallest absolute Gasteiger partial charge is 0.238 e. The average molecular weight is 235 g/mol. The van der Waals surface area contributed by atoms with Crippen LogP contribution in [0, 0.1) is 6.92 Å². The van der Waals surface area contributed by atoms with E-state index >= 15 is 0 Å². The van der Waals surface area contributed by atoms with Crippen molar-refractivity contribution < 1.29 is 9.59 Å². The fourth-order valence-electron chi connectivity index (χ4n) is 1.44. The van der Waals surface area contributed by atoms with Gasteiger partial charge in [-0.3, -0.25) is 9.59 Å². The van der Waals surface area contributed by atoms with Gasteiger partial charge in [0.15, 0.2) is 0 Å². The first kappa shape index (κ1) is 13.2. The number of likely N-dealkylation sites (N-methyl/N-ethyl adjacent to an activating group) is 1. The van der Waals surface area contributed by atoms with E-state index in [0.29, 0.717) is 18.6 Å². The summed E-state index contributed by atoms with van der Waals surface area (Å²) in [6, 6.07) is 5.32. The Labute approximate surface area is 101 Å². The fraction of sp³-hybridized carbons (Fsp3) is 0.333. The number of benzene rings is 1. The van der Waals surface area contributed by atoms with Crippen molar-refractivity contribution in [2.24, 2.45) is 0 Å². The highest BCUT2D eigenvalue weighted by Crippen LogP contribution is 2.19. The van der Waals surface area contributed by atoms with Crippen molar-refractivity contribution in [1.29, 1.82) is 0 Å². The summed E-state index contributed by atoms with van der Waals surface area (Å²) < 4.78 is 0. The third-order valence-electron chi connectivity index (χ3n) is 2.19. The molecule has 0 saturated heterocycles. The van der Waals surface area contributed by atoms with Gasteiger partial charge in [0.2, 0.25) is 12.3 Å². The minimum absolute atomic E-state index is 0.0609. The van der Waals surface area contributed by atoms with E-state index in [0.717, 1.165) is 11.3 Å². The Hall–Kier alpha value is -1.88. The second-order valence-electron chi connectivity index (χ2n) is 4.08. The summed E-state index contributed by atoms with van der Waals surface area (Å²) >= 11 is 0. The molecule has 0 unspecified atom stereocenters. The molecule has 1 aromatic carbocycles. The van der Waals surface area contributed by atoms with Gasteiger partial charge in [-0.05, 0) is 44.8 Å². The molecule has 0 spiro atoms. The molecule has 17 heavy (non-hydrogen) atoms. The van der Waals surface area contributed by atoms with Crippen molar-refractivity contribution in [3.05, 3.63) is 23.8 Å². The molecule has 5 heteroatoms. The van der Waals surface area contributed by atoms with Gasteiger partial charge in [0.25, 0.3) is 0 Å². The van der Waals surface area contributed by atoms with Crippen molar-refractivity contribution >= 4 is 23.7 Å². The molecular formula is C12H17N3O2. The van der Waals surface area contributed by atoms with Crippen LogP contribution in [-0.2, 0) is 9.59 Å². The van der Waals surface area contributed by atoms with Crippen molar-refractivity contribution in [3.8, 4) is 0 Å². The van der Waals surface area contributed by atoms with Crippen LogP contribution in [0.15, 0.2) is 18.2 Å². The molecule has 5 nitrogen and oxygen atoms in total. The molecule has 1 rings (SSSR count). The Kier molecular flexibility index (Phi) is 4.66. The third kappa shape index (κ3) is 4.24. The topological polar surface area (TPSA) is 61.4 Å². The molecule has 0 fully saturated rings. The van der Waals surface area contributed by atoms with Gasteiger partial charge >= 0.3 is 0 Å². The predicted molar refractivity (Wildman–Crippen MR) is 68.0 cm³/mol. The second kappa shape index (κ2) is 6.00. The number of hydrogen-bond donors (Lipinski definition) is 2. The molecule has 0 heterocycles. The van der Waals surface area contributed by atoms with Crippen LogP contribution in [0.4, 0.5) is 11.4 Å². The maximum absolute atomic E-state index is 11.6. The van der Waals surface area contributed by atoms with Crippen LogP contribution >= 0.6 is 0 Å². The van der Waals surface area contributed by atoms with E-state index in [1.54, 1.807) is 23.1 Å². The molecule has 0 aliphatic rings. The number of amides is 2. The van der Waals surface area contributed by atoms with Crippen LogP contribution in [0.25, 0.3) is 0 Å². The lowest BCUT2D eigenvalue weighted by molar-refractivity contribution is -0.116. The zero-order valence-corrected chi connectivity index (χ0v) is 10.3. The van der Waals surface area contributed by atoms with Crippen LogP contribution in [0.3, 0.4) is 0 Å². The Balaban J connectivity index is 2.72. The lowest BCUT2D eigenvalue weighted by atomic mass is 10.1. The molecule has 92 valence electrons. The minimum Gasteiger partial charge on any atom is -0.329 e. The summed E-state index contributed by atoms with van der Waals surface area (Å²) in [6.07, 6.45) is 0.624. The first-order chi connectivity index (χ1) is 8.02. The number of anilines is 2. The molecule has 1 aromatic rings. The number of nitrogens with one attached hydrogen (secondary N) is 2. The number of hydrogen-bond acceptors (Lipinski definition) is 3. The first-order valence-electron chi connectivity index (χ1n) is 5.28. The number of aryl methyl sites for hydroxylation is 1. The van der Waals surface area contributed by atoms with Crippen molar-refractivity contribution in [2.45, 2.75) is 6.92 Å². The molecule has 2 amide bonds. The van der Waals surface area contributed by atoms with E-state index in [1.807, 2.05) is 21.0 Å². The number of nitrogens with zero attached hydrogens (tertiary/aromatic N) is 1. The van der Waals surface area contributed by atoms with Crippen LogP contribution in [0.5, 0.6) is 0 Å². The van der Waals surface area contributed by atoms with Crippen LogP contribution in [0.2, 0.25) is 0 Å². The van der Waals surface area contributed by atoms with E-state index in [4.69, 9.17) is 0 Å². The number of rotatable bonds is 5. The summed E-state index contributed by atoms with van der Waals surface area (Å²) in [5.41, 5.74) is 2.38. The van der Waals surface area contributed by atoms with Crippen LogP contribution < -0.4 is 10.6 Å². The molecule has 2 N–H and O–H groups in total. The molecular weight excluding hydrogens is 218 g/mol. The molecule has 0 bridgehead atoms. The highest BCUT2D eigenvalue weighted by Gasteiger charge is 2.06. The van der Waals surface area contributed by atoms with E-state index in [2.05, 4.69) is 10.6 Å². The van der Waals surface area contributed by atoms with Crippen LogP contribution in [0.1, 0.15) is 5.56 Å². The monoisotopic (exact) mass is 235 g/mol. The highest BCUT2D eigenvalue weighted by atomic mass is 16.2. The SMILES string of the molecule is Cc1cc(NC=O)ccc1NC(=O)CN(C)C. The Morgan fingerprint density at radius 2 is 2.12 bits per heavy atom. The Bertz CT molecular complexity index is 416. The zero-order valence-electron chi connectivity index (χ0n) is 10.3. The first-order valence-corrected chi connectivity index (χ1v) is 5.28. The quantitative estimate of drug-likeness (QED) is 0.750. The van der Waals surface area contributed by atoms with Crippen molar-refractivity contribution in [1.82, 2.24) is 4.90 Å². The van der Waals surface area contributed by atoms with Crippen molar-refractivity contribution in [2.75, 3.05) is 31.3 Å². The normalized spacial score (nSPS) is 10.1. The van der Waals surface area contributed by atoms with Gasteiger partial charge in [0.05, 0.1) is 6.54 Å². The summed E-state index contributed by atoms with van der Waals surface area (Å²) in [7, 11) is 3.67. The lowest BCUT2D eigenvalue weighted by Crippen LogP contribution is -2.27. The average Bonchev–Trinajstić information content (AvgIpc) is 2.21. The summed E-state index contributed by atoms with van der Waals surface area (Å²) in [6.45, 7) is 2.22. The van der Waals surface area contributed by atoms with Gasteiger partial charge in [-0.25, -0.2) is 0 Å². The zero-order chi connectivity index (χ0) is 12.8. The molecule has 0 atom stereocenters. The maximum atomic E-state index is 11.6. The molecule has 0 aliphatic heterocycles. The van der Waals surface area contributed by atoms with E-state index in [1.165, 1.54) is 0 Å². The summed E-state index contributed by atoms with van der Waals surface area (Å²) in [5.74, 6) is -0.0609. The molecule has 0 saturated carbocycles. The van der Waals surface area contributed by atoms with E-state index in [9.17, 15) is 9.59 Å². The number of carbonyl (C=O) groups is 2. The predicted octanol–water partition coefficient (Wildman–Crippen LogP) is 1.06. The van der Waals surface area contributed by atoms with Gasteiger partial charge in [-0.2, -0.15) is 0 Å². The summed E-state index contributed by atoms with van der Waals surface area (Å²) in [5, 5.41) is 5.37. The Morgan fingerprint density at radius 3 is 2.65 bits per heavy atom. The van der Waals surface area contributed by atoms with Gasteiger partial charge < -0.3 is 15.5 Å². The Morgan fingerprint density at radius 1 is 1.41 bits per heavy atom. The lowest BCUT2D eigenvalue weighted by Gasteiger charge is -2.12. The highest BCUT2D eigenvalue weighted by molar-refractivity contribution is 5.93. The van der Waals surface area contributed by atoms with Crippen LogP contribution in [-0.4, -0.2) is 37.9 Å². The fourth-order valence-corrected chi connectivity index (χ4v) is 1.44. The second-order valence-corrected chi connectivity index (χ2v) is 4.08. The third-order valence-corrected chi connectivity index (χ3v) is 2.19. The van der Waals surface area contributed by atoms with Crippen molar-refractivity contribution in [3.63, 3.8) is 0 Å². The maximum Gasteiger partial charge on any atom is 0.238 e. The van der Waals surface area contributed by atoms with Gasteiger partial charge in [-0.15, -0.1) is 0 Å².